The van der Waals surface area contributed by atoms with Gasteiger partial charge in [0.05, 0.1) is 12.5 Å². The van der Waals surface area contributed by atoms with E-state index >= 15 is 0 Å². The second-order valence-electron chi connectivity index (χ2n) is 9.53. The molecule has 1 aliphatic carbocycles. The molecule has 1 atom stereocenters. The summed E-state index contributed by atoms with van der Waals surface area (Å²) >= 11 is 0. The average molecular weight is 479 g/mol. The predicted octanol–water partition coefficient (Wildman–Crippen LogP) is 2.54. The fraction of sp³-hybridized carbons (Fsp3) is 0.464. The van der Waals surface area contributed by atoms with Crippen molar-refractivity contribution >= 4 is 17.7 Å². The van der Waals surface area contributed by atoms with Crippen LogP contribution in [-0.4, -0.2) is 35.8 Å². The Bertz CT molecular complexity index is 971. The first-order chi connectivity index (χ1) is 16.9. The summed E-state index contributed by atoms with van der Waals surface area (Å²) in [6, 6.07) is 17.8. The maximum atomic E-state index is 12.6. The van der Waals surface area contributed by atoms with Gasteiger partial charge in [-0.25, -0.2) is 0 Å². The third kappa shape index (κ3) is 8.60. The summed E-state index contributed by atoms with van der Waals surface area (Å²) in [7, 11) is 0. The number of nitrogens with one attached hydrogen (secondary N) is 2. The lowest BCUT2D eigenvalue weighted by Crippen LogP contribution is -2.54. The second kappa shape index (κ2) is 13.2. The van der Waals surface area contributed by atoms with E-state index in [2.05, 4.69) is 34.9 Å². The number of nitrogens with two attached hydrogens (primary N) is 2. The Labute approximate surface area is 208 Å². The van der Waals surface area contributed by atoms with E-state index in [4.69, 9.17) is 11.5 Å². The van der Waals surface area contributed by atoms with E-state index in [0.29, 0.717) is 25.8 Å². The molecule has 0 radical (unpaired) electrons. The Morgan fingerprint density at radius 3 is 2.03 bits per heavy atom. The van der Waals surface area contributed by atoms with Gasteiger partial charge < -0.3 is 16.8 Å². The largest absolute Gasteiger partial charge is 0.340 e. The summed E-state index contributed by atoms with van der Waals surface area (Å²) in [5.41, 5.74) is 13.8. The molecule has 6 N–H and O–H groups in total. The van der Waals surface area contributed by atoms with Gasteiger partial charge in [-0.15, -0.1) is 0 Å². The van der Waals surface area contributed by atoms with E-state index < -0.39 is 17.5 Å². The summed E-state index contributed by atoms with van der Waals surface area (Å²) in [4.78, 5) is 37.4. The van der Waals surface area contributed by atoms with E-state index in [1.807, 2.05) is 30.3 Å². The van der Waals surface area contributed by atoms with Gasteiger partial charge in [0.2, 0.25) is 11.8 Å². The Hall–Kier alpha value is -3.03. The van der Waals surface area contributed by atoms with E-state index in [9.17, 15) is 14.4 Å². The lowest BCUT2D eigenvalue weighted by Gasteiger charge is -2.19. The van der Waals surface area contributed by atoms with Crippen LogP contribution in [0.1, 0.15) is 61.6 Å². The van der Waals surface area contributed by atoms with E-state index in [0.717, 1.165) is 44.1 Å². The van der Waals surface area contributed by atoms with Crippen molar-refractivity contribution in [1.82, 2.24) is 10.6 Å². The summed E-state index contributed by atoms with van der Waals surface area (Å²) in [6.07, 6.45) is 7.51. The van der Waals surface area contributed by atoms with Crippen LogP contribution >= 0.6 is 0 Å². The number of amides is 3. The maximum absolute atomic E-state index is 12.6. The van der Waals surface area contributed by atoms with Crippen LogP contribution in [0.15, 0.2) is 54.6 Å². The predicted molar refractivity (Wildman–Crippen MR) is 137 cm³/mol. The molecule has 35 heavy (non-hydrogen) atoms. The van der Waals surface area contributed by atoms with Gasteiger partial charge in [-0.1, -0.05) is 61.0 Å². The van der Waals surface area contributed by atoms with Crippen LogP contribution in [0.5, 0.6) is 0 Å². The molecular formula is C28H38N4O3. The van der Waals surface area contributed by atoms with Crippen LogP contribution in [0.25, 0.3) is 0 Å². The van der Waals surface area contributed by atoms with Crippen molar-refractivity contribution in [1.29, 1.82) is 0 Å². The standard InChI is InChI=1S/C28H38N4O3/c29-19-7-6-12-24(30)26(34)32-28(17-18-28)27(35)31-25(33)20-23-15-13-22(14-16-23)11-5-4-10-21-8-2-1-3-9-21/h1-3,8-9,13-16,24H,4-7,10-12,17-20,29-30H2,(H,32,34)(H,31,33,35)/t24-/m0/s1. The highest BCUT2D eigenvalue weighted by atomic mass is 16.2. The van der Waals surface area contributed by atoms with E-state index in [1.165, 1.54) is 11.1 Å². The third-order valence-electron chi connectivity index (χ3n) is 6.52. The normalized spacial score (nSPS) is 14.7. The molecule has 1 saturated carbocycles. The molecule has 1 aliphatic rings. The first-order valence-electron chi connectivity index (χ1n) is 12.7. The molecule has 0 bridgehead atoms. The Balaban J connectivity index is 1.38. The van der Waals surface area contributed by atoms with Gasteiger partial charge in [0.25, 0.3) is 5.91 Å². The molecule has 7 nitrogen and oxygen atoms in total. The second-order valence-corrected chi connectivity index (χ2v) is 9.53. The Kier molecular flexibility index (Phi) is 9.99. The highest BCUT2D eigenvalue weighted by Gasteiger charge is 2.52. The Morgan fingerprint density at radius 2 is 1.43 bits per heavy atom. The monoisotopic (exact) mass is 478 g/mol. The van der Waals surface area contributed by atoms with Crippen molar-refractivity contribution < 1.29 is 14.4 Å². The zero-order chi connectivity index (χ0) is 25.1. The fourth-order valence-electron chi connectivity index (χ4n) is 4.10. The highest BCUT2D eigenvalue weighted by molar-refractivity contribution is 6.04. The molecular weight excluding hydrogens is 440 g/mol. The highest BCUT2D eigenvalue weighted by Crippen LogP contribution is 2.35. The molecule has 0 aliphatic heterocycles. The molecule has 3 amide bonds. The van der Waals surface area contributed by atoms with Gasteiger partial charge >= 0.3 is 0 Å². The number of carbonyl (C=O) groups excluding carboxylic acids is 3. The first-order valence-corrected chi connectivity index (χ1v) is 12.7. The number of hydrogen-bond donors (Lipinski definition) is 4. The van der Waals surface area contributed by atoms with Crippen LogP contribution in [0, 0.1) is 0 Å². The summed E-state index contributed by atoms with van der Waals surface area (Å²) < 4.78 is 0. The molecule has 7 heteroatoms. The molecule has 0 aromatic heterocycles. The van der Waals surface area contributed by atoms with Crippen LogP contribution in [0.4, 0.5) is 0 Å². The molecule has 3 rings (SSSR count). The number of unbranched alkanes of at least 4 members (excludes halogenated alkanes) is 2. The van der Waals surface area contributed by atoms with Gasteiger partial charge in [-0.3, -0.25) is 19.7 Å². The number of aryl methyl sites for hydroxylation is 2. The number of benzene rings is 2. The van der Waals surface area contributed by atoms with Crippen molar-refractivity contribution in [3.05, 3.63) is 71.3 Å². The van der Waals surface area contributed by atoms with Crippen molar-refractivity contribution in [3.8, 4) is 0 Å². The average Bonchev–Trinajstić information content (AvgIpc) is 3.64. The minimum absolute atomic E-state index is 0.114. The topological polar surface area (TPSA) is 127 Å². The zero-order valence-electron chi connectivity index (χ0n) is 20.4. The zero-order valence-corrected chi connectivity index (χ0v) is 20.4. The molecule has 0 spiro atoms. The Morgan fingerprint density at radius 1 is 0.829 bits per heavy atom. The lowest BCUT2D eigenvalue weighted by molar-refractivity contribution is -0.135. The molecule has 0 heterocycles. The molecule has 0 unspecified atom stereocenters. The molecule has 188 valence electrons. The van der Waals surface area contributed by atoms with Gasteiger partial charge in [0.1, 0.15) is 5.54 Å². The van der Waals surface area contributed by atoms with Crippen LogP contribution in [-0.2, 0) is 33.6 Å². The van der Waals surface area contributed by atoms with Crippen LogP contribution in [0.2, 0.25) is 0 Å². The number of hydrogen-bond acceptors (Lipinski definition) is 5. The molecule has 2 aromatic carbocycles. The SMILES string of the molecule is NCCCC[C@H](N)C(=O)NC1(C(=O)NC(=O)Cc2ccc(CCCCc3ccccc3)cc2)CC1. The van der Waals surface area contributed by atoms with Crippen LogP contribution < -0.4 is 22.1 Å². The minimum atomic E-state index is -1.01. The molecule has 2 aromatic rings. The summed E-state index contributed by atoms with van der Waals surface area (Å²) in [6.45, 7) is 0.556. The summed E-state index contributed by atoms with van der Waals surface area (Å²) in [5, 5.41) is 5.20. The number of carbonyl (C=O) groups is 3. The third-order valence-corrected chi connectivity index (χ3v) is 6.52. The quantitative estimate of drug-likeness (QED) is 0.310. The smallest absolute Gasteiger partial charge is 0.252 e. The van der Waals surface area contributed by atoms with Gasteiger partial charge in [0, 0.05) is 0 Å². The van der Waals surface area contributed by atoms with Crippen molar-refractivity contribution in [2.24, 2.45) is 11.5 Å². The van der Waals surface area contributed by atoms with Crippen molar-refractivity contribution in [2.45, 2.75) is 75.8 Å². The van der Waals surface area contributed by atoms with E-state index in [-0.39, 0.29) is 18.2 Å². The summed E-state index contributed by atoms with van der Waals surface area (Å²) in [5.74, 6) is -1.19. The molecule has 0 saturated heterocycles. The van der Waals surface area contributed by atoms with Gasteiger partial charge in [0.15, 0.2) is 0 Å². The van der Waals surface area contributed by atoms with Crippen LogP contribution in [0.3, 0.4) is 0 Å². The van der Waals surface area contributed by atoms with Crippen molar-refractivity contribution in [3.63, 3.8) is 0 Å². The number of rotatable bonds is 14. The maximum Gasteiger partial charge on any atom is 0.252 e. The van der Waals surface area contributed by atoms with Crippen molar-refractivity contribution in [2.75, 3.05) is 6.54 Å². The van der Waals surface area contributed by atoms with E-state index in [1.54, 1.807) is 0 Å². The van der Waals surface area contributed by atoms with Gasteiger partial charge in [-0.2, -0.15) is 0 Å². The molecule has 1 fully saturated rings. The lowest BCUT2D eigenvalue weighted by atomic mass is 10.0. The van der Waals surface area contributed by atoms with Gasteiger partial charge in [-0.05, 0) is 74.6 Å². The fourth-order valence-corrected chi connectivity index (χ4v) is 4.10. The number of imide groups is 1. The first kappa shape index (κ1) is 26.6. The minimum Gasteiger partial charge on any atom is -0.340 e.